The second-order valence-corrected chi connectivity index (χ2v) is 7.27. The molecule has 0 radical (unpaired) electrons. The largest absolute Gasteiger partial charge is 0.481 e. The van der Waals surface area contributed by atoms with Crippen molar-refractivity contribution in [3.05, 3.63) is 59.7 Å². The maximum absolute atomic E-state index is 12.2. The summed E-state index contributed by atoms with van der Waals surface area (Å²) in [5, 5.41) is 21.5. The second-order valence-electron chi connectivity index (χ2n) is 7.27. The molecule has 0 saturated carbocycles. The minimum atomic E-state index is -1.38. The van der Waals surface area contributed by atoms with Crippen LogP contribution in [-0.4, -0.2) is 40.5 Å². The summed E-state index contributed by atoms with van der Waals surface area (Å²) in [6, 6.07) is 15.0. The fourth-order valence-corrected chi connectivity index (χ4v) is 3.43. The van der Waals surface area contributed by atoms with Crippen molar-refractivity contribution in [2.75, 3.05) is 6.61 Å². The SMILES string of the molecule is CC(C)(O)C(CC(=O)O)NC(=O)OCC1c2ccccc2-c2ccccc21. The van der Waals surface area contributed by atoms with E-state index in [-0.39, 0.29) is 12.5 Å². The number of aliphatic hydroxyl groups is 1. The van der Waals surface area contributed by atoms with Crippen LogP contribution in [0.1, 0.15) is 37.3 Å². The number of hydrogen-bond acceptors (Lipinski definition) is 4. The van der Waals surface area contributed by atoms with E-state index in [1.165, 1.54) is 13.8 Å². The standard InChI is InChI=1S/C21H23NO5/c1-21(2,26)18(11-19(23)24)22-20(25)27-12-17-15-9-5-3-7-13(15)14-8-4-6-10-16(14)17/h3-10,17-18,26H,11-12H2,1-2H3,(H,22,25)(H,23,24). The average molecular weight is 369 g/mol. The van der Waals surface area contributed by atoms with E-state index in [0.29, 0.717) is 0 Å². The Kier molecular flexibility index (Phi) is 5.19. The lowest BCUT2D eigenvalue weighted by molar-refractivity contribution is -0.139. The Morgan fingerprint density at radius 1 is 1.07 bits per heavy atom. The number of amides is 1. The van der Waals surface area contributed by atoms with Gasteiger partial charge in [0.15, 0.2) is 0 Å². The Bertz CT molecular complexity index is 810. The molecule has 2 aromatic rings. The van der Waals surface area contributed by atoms with E-state index in [9.17, 15) is 14.7 Å². The van der Waals surface area contributed by atoms with Gasteiger partial charge in [0.05, 0.1) is 18.1 Å². The fraction of sp³-hybridized carbons (Fsp3) is 0.333. The quantitative estimate of drug-likeness (QED) is 0.727. The number of carboxylic acid groups (broad SMARTS) is 1. The molecule has 27 heavy (non-hydrogen) atoms. The van der Waals surface area contributed by atoms with Crippen LogP contribution in [0.25, 0.3) is 11.1 Å². The molecule has 3 N–H and O–H groups in total. The number of rotatable bonds is 6. The van der Waals surface area contributed by atoms with E-state index in [1.807, 2.05) is 48.5 Å². The Morgan fingerprint density at radius 2 is 1.59 bits per heavy atom. The summed E-state index contributed by atoms with van der Waals surface area (Å²) in [5.74, 6) is -1.19. The van der Waals surface area contributed by atoms with Crippen LogP contribution in [0.2, 0.25) is 0 Å². The molecule has 6 heteroatoms. The predicted octanol–water partition coefficient (Wildman–Crippen LogP) is 3.14. The van der Waals surface area contributed by atoms with Crippen molar-refractivity contribution >= 4 is 12.1 Å². The van der Waals surface area contributed by atoms with Crippen LogP contribution in [0.15, 0.2) is 48.5 Å². The highest BCUT2D eigenvalue weighted by Crippen LogP contribution is 2.44. The molecule has 1 atom stereocenters. The molecule has 1 amide bonds. The molecule has 2 aromatic carbocycles. The molecule has 0 saturated heterocycles. The molecule has 0 bridgehead atoms. The molecule has 0 aromatic heterocycles. The van der Waals surface area contributed by atoms with Crippen molar-refractivity contribution < 1.29 is 24.5 Å². The summed E-state index contributed by atoms with van der Waals surface area (Å²) in [6.45, 7) is 3.03. The number of carbonyl (C=O) groups excluding carboxylic acids is 1. The highest BCUT2D eigenvalue weighted by molar-refractivity contribution is 5.79. The van der Waals surface area contributed by atoms with Gasteiger partial charge in [-0.15, -0.1) is 0 Å². The molecular weight excluding hydrogens is 346 g/mol. The zero-order valence-corrected chi connectivity index (χ0v) is 15.3. The van der Waals surface area contributed by atoms with Crippen LogP contribution in [0.3, 0.4) is 0 Å². The third-order valence-corrected chi connectivity index (χ3v) is 4.87. The van der Waals surface area contributed by atoms with E-state index in [4.69, 9.17) is 9.84 Å². The summed E-state index contributed by atoms with van der Waals surface area (Å²) >= 11 is 0. The first kappa shape index (κ1) is 18.9. The smallest absolute Gasteiger partial charge is 0.407 e. The molecular formula is C21H23NO5. The van der Waals surface area contributed by atoms with Crippen LogP contribution < -0.4 is 5.32 Å². The molecule has 3 rings (SSSR count). The van der Waals surface area contributed by atoms with Gasteiger partial charge in [-0.25, -0.2) is 4.79 Å². The Labute approximate surface area is 157 Å². The molecule has 1 unspecified atom stereocenters. The number of fused-ring (bicyclic) bond motifs is 3. The number of ether oxygens (including phenoxy) is 1. The van der Waals surface area contributed by atoms with Crippen molar-refractivity contribution in [3.63, 3.8) is 0 Å². The van der Waals surface area contributed by atoms with E-state index < -0.39 is 30.1 Å². The van der Waals surface area contributed by atoms with Crippen LogP contribution in [0, 0.1) is 0 Å². The van der Waals surface area contributed by atoms with E-state index >= 15 is 0 Å². The Balaban J connectivity index is 1.71. The van der Waals surface area contributed by atoms with Gasteiger partial charge in [0.1, 0.15) is 6.61 Å². The van der Waals surface area contributed by atoms with Crippen molar-refractivity contribution in [2.24, 2.45) is 0 Å². The molecule has 0 spiro atoms. The van der Waals surface area contributed by atoms with Crippen molar-refractivity contribution in [1.29, 1.82) is 0 Å². The fourth-order valence-electron chi connectivity index (χ4n) is 3.43. The summed E-state index contributed by atoms with van der Waals surface area (Å²) in [7, 11) is 0. The van der Waals surface area contributed by atoms with Gasteiger partial charge in [-0.05, 0) is 36.1 Å². The third-order valence-electron chi connectivity index (χ3n) is 4.87. The van der Waals surface area contributed by atoms with Gasteiger partial charge in [-0.1, -0.05) is 48.5 Å². The molecule has 1 aliphatic rings. The zero-order chi connectivity index (χ0) is 19.6. The van der Waals surface area contributed by atoms with Crippen LogP contribution in [0.4, 0.5) is 4.79 Å². The van der Waals surface area contributed by atoms with Gasteiger partial charge in [0.2, 0.25) is 0 Å². The van der Waals surface area contributed by atoms with Gasteiger partial charge in [0, 0.05) is 5.92 Å². The summed E-state index contributed by atoms with van der Waals surface area (Å²) in [5.41, 5.74) is 3.06. The van der Waals surface area contributed by atoms with Crippen LogP contribution >= 0.6 is 0 Å². The number of hydrogen-bond donors (Lipinski definition) is 3. The van der Waals surface area contributed by atoms with Crippen LogP contribution in [0.5, 0.6) is 0 Å². The minimum Gasteiger partial charge on any atom is -0.481 e. The summed E-state index contributed by atoms with van der Waals surface area (Å²) in [6.07, 6.45) is -1.14. The number of carboxylic acids is 1. The van der Waals surface area contributed by atoms with E-state index in [1.54, 1.807) is 0 Å². The first-order valence-corrected chi connectivity index (χ1v) is 8.83. The van der Waals surface area contributed by atoms with Crippen molar-refractivity contribution in [3.8, 4) is 11.1 Å². The lowest BCUT2D eigenvalue weighted by Gasteiger charge is -2.28. The number of alkyl carbamates (subject to hydrolysis) is 1. The predicted molar refractivity (Wildman–Crippen MR) is 101 cm³/mol. The van der Waals surface area contributed by atoms with Crippen molar-refractivity contribution in [1.82, 2.24) is 5.32 Å². The number of aliphatic carboxylic acids is 1. The monoisotopic (exact) mass is 369 g/mol. The first-order valence-electron chi connectivity index (χ1n) is 8.83. The zero-order valence-electron chi connectivity index (χ0n) is 15.3. The van der Waals surface area contributed by atoms with Gasteiger partial charge in [0.25, 0.3) is 0 Å². The maximum Gasteiger partial charge on any atom is 0.407 e. The number of carbonyl (C=O) groups is 2. The highest BCUT2D eigenvalue weighted by atomic mass is 16.5. The van der Waals surface area contributed by atoms with Gasteiger partial charge in [-0.3, -0.25) is 4.79 Å². The summed E-state index contributed by atoms with van der Waals surface area (Å²) in [4.78, 5) is 23.2. The third kappa shape index (κ3) is 4.11. The van der Waals surface area contributed by atoms with Crippen molar-refractivity contribution in [2.45, 2.75) is 37.8 Å². The average Bonchev–Trinajstić information content (AvgIpc) is 2.92. The molecule has 142 valence electrons. The topological polar surface area (TPSA) is 95.9 Å². The van der Waals surface area contributed by atoms with Crippen LogP contribution in [-0.2, 0) is 9.53 Å². The molecule has 0 fully saturated rings. The van der Waals surface area contributed by atoms with E-state index in [2.05, 4.69) is 5.32 Å². The first-order chi connectivity index (χ1) is 12.8. The lowest BCUT2D eigenvalue weighted by Crippen LogP contribution is -2.50. The van der Waals surface area contributed by atoms with Gasteiger partial charge in [-0.2, -0.15) is 0 Å². The normalized spacial score (nSPS) is 14.2. The van der Waals surface area contributed by atoms with Gasteiger partial charge < -0.3 is 20.3 Å². The van der Waals surface area contributed by atoms with Gasteiger partial charge >= 0.3 is 12.1 Å². The molecule has 0 heterocycles. The number of benzene rings is 2. The Hall–Kier alpha value is -2.86. The van der Waals surface area contributed by atoms with E-state index in [0.717, 1.165) is 22.3 Å². The molecule has 0 aliphatic heterocycles. The highest BCUT2D eigenvalue weighted by Gasteiger charge is 2.32. The minimum absolute atomic E-state index is 0.0804. The lowest BCUT2D eigenvalue weighted by atomic mass is 9.96. The number of nitrogens with one attached hydrogen (secondary N) is 1. The Morgan fingerprint density at radius 3 is 2.07 bits per heavy atom. The summed E-state index contributed by atoms with van der Waals surface area (Å²) < 4.78 is 5.39. The second kappa shape index (κ2) is 7.40. The molecule has 1 aliphatic carbocycles. The maximum atomic E-state index is 12.2. The molecule has 6 nitrogen and oxygen atoms in total.